The van der Waals surface area contributed by atoms with E-state index in [9.17, 15) is 14.4 Å². The topological polar surface area (TPSA) is 78.9 Å². The van der Waals surface area contributed by atoms with Gasteiger partial charge in [-0.3, -0.25) is 14.4 Å². The molecule has 0 aliphatic heterocycles. The first kappa shape index (κ1) is 70.1. The van der Waals surface area contributed by atoms with Crippen LogP contribution in [0, 0.1) is 0 Å². The van der Waals surface area contributed by atoms with Gasteiger partial charge in [-0.15, -0.1) is 0 Å². The Morgan fingerprint density at radius 3 is 0.863 bits per heavy atom. The molecule has 0 bridgehead atoms. The SMILES string of the molecule is CC/C=C\C/C=C\C/C=C\CCCCCC(=O)OCC(COC(=O)CCCCCCCCCCCCCCCCC/C=C\CCCCCCCCCC)OC(=O)CCCCCCC/C=C\CCCCCCCC. The molecule has 0 aliphatic carbocycles. The number of esters is 3. The van der Waals surface area contributed by atoms with E-state index in [1.165, 1.54) is 193 Å². The lowest BCUT2D eigenvalue weighted by molar-refractivity contribution is -0.167. The van der Waals surface area contributed by atoms with Crippen molar-refractivity contribution in [3.63, 3.8) is 0 Å². The molecule has 0 heterocycles. The molecule has 0 spiro atoms. The van der Waals surface area contributed by atoms with E-state index in [0.29, 0.717) is 19.3 Å². The molecule has 1 atom stereocenters. The van der Waals surface area contributed by atoms with Crippen LogP contribution in [0.25, 0.3) is 0 Å². The molecule has 0 saturated carbocycles. The predicted molar refractivity (Wildman–Crippen MR) is 316 cm³/mol. The third kappa shape index (κ3) is 59.9. The zero-order valence-electron chi connectivity index (χ0n) is 48.7. The highest BCUT2D eigenvalue weighted by Crippen LogP contribution is 2.17. The van der Waals surface area contributed by atoms with E-state index in [2.05, 4.69) is 81.5 Å². The van der Waals surface area contributed by atoms with Crippen molar-refractivity contribution in [2.45, 2.75) is 335 Å². The zero-order valence-corrected chi connectivity index (χ0v) is 48.7. The molecule has 0 amide bonds. The van der Waals surface area contributed by atoms with E-state index in [0.717, 1.165) is 96.3 Å². The van der Waals surface area contributed by atoms with Gasteiger partial charge in [0.15, 0.2) is 6.10 Å². The Hall–Kier alpha value is -2.89. The van der Waals surface area contributed by atoms with Gasteiger partial charge in [-0.2, -0.15) is 0 Å². The summed E-state index contributed by atoms with van der Waals surface area (Å²) in [7, 11) is 0. The number of allylic oxidation sites excluding steroid dienone is 10. The van der Waals surface area contributed by atoms with Crippen LogP contribution < -0.4 is 0 Å². The maximum atomic E-state index is 12.9. The van der Waals surface area contributed by atoms with Crippen molar-refractivity contribution in [1.29, 1.82) is 0 Å². The van der Waals surface area contributed by atoms with E-state index < -0.39 is 6.10 Å². The van der Waals surface area contributed by atoms with Crippen LogP contribution >= 0.6 is 0 Å². The van der Waals surface area contributed by atoms with Gasteiger partial charge >= 0.3 is 17.9 Å². The van der Waals surface area contributed by atoms with E-state index in [-0.39, 0.29) is 31.1 Å². The van der Waals surface area contributed by atoms with Gasteiger partial charge in [0.1, 0.15) is 13.2 Å². The van der Waals surface area contributed by atoms with E-state index >= 15 is 0 Å². The van der Waals surface area contributed by atoms with Gasteiger partial charge in [0, 0.05) is 19.3 Å². The lowest BCUT2D eigenvalue weighted by Gasteiger charge is -2.18. The molecule has 0 fully saturated rings. The summed E-state index contributed by atoms with van der Waals surface area (Å²) in [4.78, 5) is 38.2. The number of rotatable bonds is 58. The summed E-state index contributed by atoms with van der Waals surface area (Å²) in [6.45, 7) is 6.52. The van der Waals surface area contributed by atoms with Crippen molar-refractivity contribution in [2.24, 2.45) is 0 Å². The third-order valence-corrected chi connectivity index (χ3v) is 14.0. The summed E-state index contributed by atoms with van der Waals surface area (Å²) in [6, 6.07) is 0. The molecule has 6 heteroatoms. The average molecular weight is 1020 g/mol. The molecule has 0 aromatic heterocycles. The van der Waals surface area contributed by atoms with Crippen LogP contribution in [-0.4, -0.2) is 37.2 Å². The van der Waals surface area contributed by atoms with E-state index in [1.54, 1.807) is 0 Å². The van der Waals surface area contributed by atoms with Crippen LogP contribution in [0.2, 0.25) is 0 Å². The minimum absolute atomic E-state index is 0.0848. The molecule has 0 saturated heterocycles. The van der Waals surface area contributed by atoms with Gasteiger partial charge in [0.05, 0.1) is 0 Å². The van der Waals surface area contributed by atoms with Gasteiger partial charge in [0.2, 0.25) is 0 Å². The number of hydrogen-bond acceptors (Lipinski definition) is 6. The van der Waals surface area contributed by atoms with Crippen molar-refractivity contribution in [3.05, 3.63) is 60.8 Å². The summed E-state index contributed by atoms with van der Waals surface area (Å²) in [5, 5.41) is 0. The Bertz CT molecular complexity index is 1310. The van der Waals surface area contributed by atoms with Gasteiger partial charge in [-0.25, -0.2) is 0 Å². The monoisotopic (exact) mass is 1020 g/mol. The van der Waals surface area contributed by atoms with Crippen molar-refractivity contribution in [2.75, 3.05) is 13.2 Å². The van der Waals surface area contributed by atoms with Crippen molar-refractivity contribution in [3.8, 4) is 0 Å². The van der Waals surface area contributed by atoms with E-state index in [1.807, 2.05) is 0 Å². The number of ether oxygens (including phenoxy) is 3. The fraction of sp³-hybridized carbons (Fsp3) is 0.806. The fourth-order valence-corrected chi connectivity index (χ4v) is 9.21. The van der Waals surface area contributed by atoms with E-state index in [4.69, 9.17) is 14.2 Å². The number of carbonyl (C=O) groups excluding carboxylic acids is 3. The van der Waals surface area contributed by atoms with Crippen LogP contribution in [0.15, 0.2) is 60.8 Å². The van der Waals surface area contributed by atoms with Crippen LogP contribution in [0.5, 0.6) is 0 Å². The Morgan fingerprint density at radius 1 is 0.288 bits per heavy atom. The molecular weight excluding hydrogens is 901 g/mol. The normalized spacial score (nSPS) is 12.4. The van der Waals surface area contributed by atoms with Crippen molar-refractivity contribution in [1.82, 2.24) is 0 Å². The first-order valence-electron chi connectivity index (χ1n) is 31.8. The smallest absolute Gasteiger partial charge is 0.306 e. The highest BCUT2D eigenvalue weighted by atomic mass is 16.6. The second-order valence-corrected chi connectivity index (χ2v) is 21.3. The second kappa shape index (κ2) is 61.7. The average Bonchev–Trinajstić information content (AvgIpc) is 3.39. The zero-order chi connectivity index (χ0) is 52.9. The number of hydrogen-bond donors (Lipinski definition) is 0. The first-order chi connectivity index (χ1) is 36.0. The summed E-state index contributed by atoms with van der Waals surface area (Å²) in [5.74, 6) is -0.910. The largest absolute Gasteiger partial charge is 0.462 e. The highest BCUT2D eigenvalue weighted by molar-refractivity contribution is 5.71. The quantitative estimate of drug-likeness (QED) is 0.0261. The lowest BCUT2D eigenvalue weighted by Crippen LogP contribution is -2.30. The standard InChI is InChI=1S/C67H120O6/c1-4-7-10-13-16-19-22-25-27-28-29-30-31-32-33-34-35-36-37-38-40-42-45-48-51-54-57-60-66(69)72-63-64(62-71-65(68)59-56-53-50-47-44-41-24-21-18-15-12-9-6-3)73-67(70)61-58-55-52-49-46-43-39-26-23-20-17-14-11-8-5-2/h9,12,18,21,26,28-29,39,41,44,64H,4-8,10-11,13-17,19-20,22-25,27,30-38,40,42-43,45-63H2,1-3H3/b12-9-,21-18-,29-28-,39-26-,44-41-. The Kier molecular flexibility index (Phi) is 59.2. The highest BCUT2D eigenvalue weighted by Gasteiger charge is 2.19. The molecule has 0 rings (SSSR count). The van der Waals surface area contributed by atoms with Crippen LogP contribution in [-0.2, 0) is 28.6 Å². The fourth-order valence-electron chi connectivity index (χ4n) is 9.21. The van der Waals surface area contributed by atoms with Gasteiger partial charge in [0.25, 0.3) is 0 Å². The van der Waals surface area contributed by atoms with Gasteiger partial charge in [-0.05, 0) is 103 Å². The summed E-state index contributed by atoms with van der Waals surface area (Å²) < 4.78 is 16.9. The molecule has 6 nitrogen and oxygen atoms in total. The lowest BCUT2D eigenvalue weighted by atomic mass is 10.0. The summed E-state index contributed by atoms with van der Waals surface area (Å²) in [5.41, 5.74) is 0. The Morgan fingerprint density at radius 2 is 0.534 bits per heavy atom. The first-order valence-corrected chi connectivity index (χ1v) is 31.8. The maximum absolute atomic E-state index is 12.9. The minimum atomic E-state index is -0.790. The Labute approximate surface area is 453 Å². The molecule has 0 aliphatic rings. The molecule has 0 aromatic carbocycles. The number of carbonyl (C=O) groups is 3. The molecule has 0 N–H and O–H groups in total. The minimum Gasteiger partial charge on any atom is -0.462 e. The van der Waals surface area contributed by atoms with Gasteiger partial charge in [-0.1, -0.05) is 268 Å². The molecule has 0 radical (unpaired) electrons. The maximum Gasteiger partial charge on any atom is 0.306 e. The van der Waals surface area contributed by atoms with Crippen LogP contribution in [0.1, 0.15) is 329 Å². The Balaban J connectivity index is 4.23. The van der Waals surface area contributed by atoms with Crippen LogP contribution in [0.3, 0.4) is 0 Å². The molecule has 1 unspecified atom stereocenters. The summed E-state index contributed by atoms with van der Waals surface area (Å²) >= 11 is 0. The summed E-state index contributed by atoms with van der Waals surface area (Å²) in [6.07, 6.45) is 78.1. The van der Waals surface area contributed by atoms with Crippen LogP contribution in [0.4, 0.5) is 0 Å². The second-order valence-electron chi connectivity index (χ2n) is 21.3. The molecule has 0 aromatic rings. The predicted octanol–water partition coefficient (Wildman–Crippen LogP) is 21.6. The van der Waals surface area contributed by atoms with Crippen molar-refractivity contribution >= 4 is 17.9 Å². The van der Waals surface area contributed by atoms with Gasteiger partial charge < -0.3 is 14.2 Å². The third-order valence-electron chi connectivity index (χ3n) is 14.0. The number of unbranched alkanes of at least 4 members (excludes halogenated alkanes) is 37. The molecule has 424 valence electrons. The van der Waals surface area contributed by atoms with Crippen molar-refractivity contribution < 1.29 is 28.6 Å². The molecular formula is C67H120O6. The molecule has 73 heavy (non-hydrogen) atoms.